The molecule has 0 aliphatic carbocycles. The molecule has 0 radical (unpaired) electrons. The van der Waals surface area contributed by atoms with E-state index in [-0.39, 0.29) is 30.0 Å². The number of rotatable bonds is 8. The molecule has 1 aliphatic rings. The lowest BCUT2D eigenvalue weighted by Crippen LogP contribution is -2.46. The summed E-state index contributed by atoms with van der Waals surface area (Å²) in [6, 6.07) is 17.3. The molecule has 0 aromatic heterocycles. The largest absolute Gasteiger partial charge is 0.497 e. The number of nitrogens with one attached hydrogen (secondary N) is 2. The first kappa shape index (κ1) is 25.4. The van der Waals surface area contributed by atoms with Gasteiger partial charge in [0.15, 0.2) is 5.96 Å². The number of nitrogens with zero attached hydrogens (tertiary/aromatic N) is 2. The van der Waals surface area contributed by atoms with Crippen molar-refractivity contribution in [1.29, 1.82) is 0 Å². The lowest BCUT2D eigenvalue weighted by atomic mass is 10.0. The van der Waals surface area contributed by atoms with Crippen molar-refractivity contribution >= 4 is 29.9 Å². The van der Waals surface area contributed by atoms with Gasteiger partial charge in [-0.25, -0.2) is 0 Å². The molecule has 6 nitrogen and oxygen atoms in total. The Balaban J connectivity index is 0.00000341. The first-order chi connectivity index (χ1) is 14.7. The molecule has 1 aliphatic heterocycles. The van der Waals surface area contributed by atoms with E-state index in [2.05, 4.69) is 63.8 Å². The highest BCUT2D eigenvalue weighted by Gasteiger charge is 2.23. The highest BCUT2D eigenvalue weighted by molar-refractivity contribution is 14.0. The Morgan fingerprint density at radius 2 is 1.87 bits per heavy atom. The van der Waals surface area contributed by atoms with Crippen LogP contribution in [0.25, 0.3) is 0 Å². The van der Waals surface area contributed by atoms with Crippen LogP contribution in [0.2, 0.25) is 0 Å². The second-order valence-corrected chi connectivity index (χ2v) is 7.56. The molecule has 1 atom stereocenters. The monoisotopic (exact) mass is 538 g/mol. The number of aliphatic imine (C=N–C) groups is 1. The normalized spacial score (nSPS) is 15.6. The van der Waals surface area contributed by atoms with Gasteiger partial charge in [-0.05, 0) is 36.6 Å². The van der Waals surface area contributed by atoms with Crippen LogP contribution in [-0.4, -0.2) is 64.4 Å². The van der Waals surface area contributed by atoms with Crippen molar-refractivity contribution in [2.24, 2.45) is 4.99 Å². The van der Waals surface area contributed by atoms with Gasteiger partial charge >= 0.3 is 0 Å². The zero-order chi connectivity index (χ0) is 21.2. The Hall–Kier alpha value is -1.84. The van der Waals surface area contributed by atoms with Gasteiger partial charge in [-0.15, -0.1) is 24.0 Å². The molecular weight excluding hydrogens is 503 g/mol. The van der Waals surface area contributed by atoms with E-state index in [0.29, 0.717) is 0 Å². The maximum absolute atomic E-state index is 5.56. The predicted octanol–water partition coefficient (Wildman–Crippen LogP) is 3.40. The fourth-order valence-electron chi connectivity index (χ4n) is 3.76. The van der Waals surface area contributed by atoms with Crippen LogP contribution in [0.5, 0.6) is 5.75 Å². The highest BCUT2D eigenvalue weighted by atomic mass is 127. The van der Waals surface area contributed by atoms with Crippen molar-refractivity contribution < 1.29 is 9.47 Å². The van der Waals surface area contributed by atoms with Crippen LogP contribution < -0.4 is 15.4 Å². The minimum atomic E-state index is 0. The third kappa shape index (κ3) is 7.97. The van der Waals surface area contributed by atoms with Crippen LogP contribution in [0.3, 0.4) is 0 Å². The molecule has 0 spiro atoms. The van der Waals surface area contributed by atoms with E-state index >= 15 is 0 Å². The molecule has 3 rings (SSSR count). The van der Waals surface area contributed by atoms with Gasteiger partial charge in [0.25, 0.3) is 0 Å². The number of aryl methyl sites for hydroxylation is 1. The fourth-order valence-corrected chi connectivity index (χ4v) is 3.76. The number of halogens is 1. The van der Waals surface area contributed by atoms with Crippen molar-refractivity contribution in [3.05, 3.63) is 65.2 Å². The Labute approximate surface area is 203 Å². The topological polar surface area (TPSA) is 58.1 Å². The lowest BCUT2D eigenvalue weighted by molar-refractivity contribution is 0.0170. The molecule has 7 heteroatoms. The molecule has 1 fully saturated rings. The summed E-state index contributed by atoms with van der Waals surface area (Å²) in [6.45, 7) is 7.24. The van der Waals surface area contributed by atoms with Gasteiger partial charge in [0.05, 0.1) is 26.4 Å². The van der Waals surface area contributed by atoms with Gasteiger partial charge < -0.3 is 20.1 Å². The zero-order valence-corrected chi connectivity index (χ0v) is 21.1. The first-order valence-electron chi connectivity index (χ1n) is 10.7. The van der Waals surface area contributed by atoms with Crippen molar-refractivity contribution in [3.8, 4) is 5.75 Å². The minimum absolute atomic E-state index is 0. The molecule has 0 saturated carbocycles. The predicted molar refractivity (Wildman–Crippen MR) is 138 cm³/mol. The smallest absolute Gasteiger partial charge is 0.191 e. The van der Waals surface area contributed by atoms with Crippen molar-refractivity contribution in [2.45, 2.75) is 19.4 Å². The van der Waals surface area contributed by atoms with Crippen LogP contribution in [0.1, 0.15) is 22.7 Å². The molecule has 2 aromatic rings. The van der Waals surface area contributed by atoms with Crippen LogP contribution >= 0.6 is 24.0 Å². The Morgan fingerprint density at radius 3 is 2.52 bits per heavy atom. The van der Waals surface area contributed by atoms with Crippen molar-refractivity contribution in [1.82, 2.24) is 15.5 Å². The van der Waals surface area contributed by atoms with E-state index in [1.54, 1.807) is 7.11 Å². The molecule has 0 bridgehead atoms. The molecular formula is C24H35IN4O2. The molecule has 2 N–H and O–H groups in total. The Kier molecular flexibility index (Phi) is 11.1. The van der Waals surface area contributed by atoms with E-state index in [4.69, 9.17) is 9.47 Å². The summed E-state index contributed by atoms with van der Waals surface area (Å²) in [5.41, 5.74) is 3.88. The molecule has 1 unspecified atom stereocenters. The van der Waals surface area contributed by atoms with Crippen LogP contribution in [0, 0.1) is 6.92 Å². The number of benzene rings is 2. The standard InChI is InChI=1S/C24H34N4O2.HI/c1-19-5-4-6-21(17-19)23(28-13-15-30-16-14-28)18-27-24(25-2)26-12-11-20-7-9-22(29-3)10-8-20;/h4-10,17,23H,11-16,18H2,1-3H3,(H2,25,26,27);1H. The maximum Gasteiger partial charge on any atom is 0.191 e. The van der Waals surface area contributed by atoms with Gasteiger partial charge in [0, 0.05) is 33.2 Å². The summed E-state index contributed by atoms with van der Waals surface area (Å²) < 4.78 is 10.8. The van der Waals surface area contributed by atoms with Gasteiger partial charge in [-0.1, -0.05) is 42.0 Å². The van der Waals surface area contributed by atoms with Crippen molar-refractivity contribution in [2.75, 3.05) is 53.6 Å². The maximum atomic E-state index is 5.56. The summed E-state index contributed by atoms with van der Waals surface area (Å²) in [5, 5.41) is 6.96. The summed E-state index contributed by atoms with van der Waals surface area (Å²) in [6.07, 6.45) is 0.926. The molecule has 170 valence electrons. The number of guanidine groups is 1. The summed E-state index contributed by atoms with van der Waals surface area (Å²) in [5.74, 6) is 1.71. The van der Waals surface area contributed by atoms with Crippen LogP contribution in [0.4, 0.5) is 0 Å². The molecule has 0 amide bonds. The van der Waals surface area contributed by atoms with E-state index in [1.165, 1.54) is 16.7 Å². The average Bonchev–Trinajstić information content (AvgIpc) is 2.79. The average molecular weight is 538 g/mol. The molecule has 1 heterocycles. The van der Waals surface area contributed by atoms with Crippen LogP contribution in [-0.2, 0) is 11.2 Å². The quantitative estimate of drug-likeness (QED) is 0.307. The number of hydrogen-bond acceptors (Lipinski definition) is 4. The minimum Gasteiger partial charge on any atom is -0.497 e. The fraction of sp³-hybridized carbons (Fsp3) is 0.458. The van der Waals surface area contributed by atoms with E-state index in [0.717, 1.165) is 57.5 Å². The summed E-state index contributed by atoms with van der Waals surface area (Å²) >= 11 is 0. The molecule has 31 heavy (non-hydrogen) atoms. The molecule has 2 aromatic carbocycles. The third-order valence-electron chi connectivity index (χ3n) is 5.46. The SMILES string of the molecule is CN=C(NCCc1ccc(OC)cc1)NCC(c1cccc(C)c1)N1CCOCC1.I. The van der Waals surface area contributed by atoms with Crippen LogP contribution in [0.15, 0.2) is 53.5 Å². The first-order valence-corrected chi connectivity index (χ1v) is 10.7. The van der Waals surface area contributed by atoms with Gasteiger partial charge in [-0.2, -0.15) is 0 Å². The van der Waals surface area contributed by atoms with Crippen molar-refractivity contribution in [3.63, 3.8) is 0 Å². The van der Waals surface area contributed by atoms with Gasteiger partial charge in [0.1, 0.15) is 5.75 Å². The van der Waals surface area contributed by atoms with Gasteiger partial charge in [0.2, 0.25) is 0 Å². The second kappa shape index (κ2) is 13.5. The van der Waals surface area contributed by atoms with E-state index in [9.17, 15) is 0 Å². The third-order valence-corrected chi connectivity index (χ3v) is 5.46. The number of morpholine rings is 1. The number of methoxy groups -OCH3 is 1. The lowest BCUT2D eigenvalue weighted by Gasteiger charge is -2.35. The highest BCUT2D eigenvalue weighted by Crippen LogP contribution is 2.22. The summed E-state index contributed by atoms with van der Waals surface area (Å²) in [7, 11) is 3.51. The van der Waals surface area contributed by atoms with Gasteiger partial charge in [-0.3, -0.25) is 9.89 Å². The number of ether oxygens (including phenoxy) is 2. The number of hydrogen-bond donors (Lipinski definition) is 2. The van der Waals surface area contributed by atoms with E-state index in [1.807, 2.05) is 19.2 Å². The molecule has 1 saturated heterocycles. The zero-order valence-electron chi connectivity index (χ0n) is 18.8. The second-order valence-electron chi connectivity index (χ2n) is 7.56. The Bertz CT molecular complexity index is 807. The summed E-state index contributed by atoms with van der Waals surface area (Å²) in [4.78, 5) is 6.90. The Morgan fingerprint density at radius 1 is 1.13 bits per heavy atom. The van der Waals surface area contributed by atoms with E-state index < -0.39 is 0 Å².